The van der Waals surface area contributed by atoms with Crippen molar-refractivity contribution in [1.82, 2.24) is 25.1 Å². The maximum absolute atomic E-state index is 13.6. The number of hydrogen-bond donors (Lipinski definition) is 3. The Morgan fingerprint density at radius 1 is 0.936 bits per heavy atom. The quantitative estimate of drug-likeness (QED) is 0.253. The highest BCUT2D eigenvalue weighted by Gasteiger charge is 2.39. The van der Waals surface area contributed by atoms with Crippen molar-refractivity contribution in [3.8, 4) is 5.75 Å². The minimum Gasteiger partial charge on any atom is -0.497 e. The summed E-state index contributed by atoms with van der Waals surface area (Å²) in [6.45, 7) is 9.89. The number of anilines is 1. The molecule has 47 heavy (non-hydrogen) atoms. The first-order chi connectivity index (χ1) is 22.0. The smallest absolute Gasteiger partial charge is 0.408 e. The third-order valence-electron chi connectivity index (χ3n) is 7.22. The van der Waals surface area contributed by atoms with Crippen LogP contribution in [-0.4, -0.2) is 83.3 Å². The van der Waals surface area contributed by atoms with Crippen LogP contribution in [0.15, 0.2) is 67.1 Å². The summed E-state index contributed by atoms with van der Waals surface area (Å²) in [5, 5.41) is 7.96. The second-order valence-corrected chi connectivity index (χ2v) is 12.9. The van der Waals surface area contributed by atoms with Crippen molar-refractivity contribution in [2.45, 2.75) is 70.9 Å². The van der Waals surface area contributed by atoms with Crippen molar-refractivity contribution in [3.05, 3.63) is 78.2 Å². The van der Waals surface area contributed by atoms with Crippen LogP contribution in [-0.2, 0) is 36.0 Å². The van der Waals surface area contributed by atoms with Gasteiger partial charge < -0.3 is 39.6 Å². The molecule has 0 saturated carbocycles. The molecule has 2 atom stereocenters. The van der Waals surface area contributed by atoms with E-state index >= 15 is 0 Å². The molecule has 0 fully saturated rings. The highest BCUT2D eigenvalue weighted by Crippen LogP contribution is 2.30. The minimum absolute atomic E-state index is 0.148. The summed E-state index contributed by atoms with van der Waals surface area (Å²) in [6, 6.07) is 15.3. The lowest BCUT2D eigenvalue weighted by Gasteiger charge is -2.33. The van der Waals surface area contributed by atoms with E-state index < -0.39 is 40.6 Å². The summed E-state index contributed by atoms with van der Waals surface area (Å²) in [6.07, 6.45) is 2.22. The lowest BCUT2D eigenvalue weighted by molar-refractivity contribution is -0.135. The molecule has 3 aromatic rings. The minimum atomic E-state index is -1.44. The van der Waals surface area contributed by atoms with Gasteiger partial charge in [-0.15, -0.1) is 0 Å². The number of carbonyl (C=O) groups excluding carboxylic acids is 4. The van der Waals surface area contributed by atoms with Crippen molar-refractivity contribution >= 4 is 29.6 Å². The van der Waals surface area contributed by atoms with Crippen LogP contribution < -0.4 is 20.7 Å². The average molecular weight is 651 g/mol. The van der Waals surface area contributed by atoms with Crippen LogP contribution in [0.2, 0.25) is 0 Å². The van der Waals surface area contributed by atoms with Crippen LogP contribution in [0.1, 0.15) is 52.7 Å². The molecule has 1 heterocycles. The fourth-order valence-electron chi connectivity index (χ4n) is 4.59. The summed E-state index contributed by atoms with van der Waals surface area (Å²) in [5.74, 6) is -0.693. The third kappa shape index (κ3) is 9.79. The van der Waals surface area contributed by atoms with Crippen molar-refractivity contribution in [3.63, 3.8) is 0 Å². The fourth-order valence-corrected chi connectivity index (χ4v) is 4.59. The zero-order valence-electron chi connectivity index (χ0n) is 28.5. The molecule has 0 aliphatic heterocycles. The molecule has 3 rings (SSSR count). The summed E-state index contributed by atoms with van der Waals surface area (Å²) in [7, 11) is 4.88. The Morgan fingerprint density at radius 2 is 1.57 bits per heavy atom. The van der Waals surface area contributed by atoms with Crippen molar-refractivity contribution in [1.29, 1.82) is 0 Å². The number of nitrogens with one attached hydrogen (secondary N) is 3. The second-order valence-electron chi connectivity index (χ2n) is 12.9. The van der Waals surface area contributed by atoms with E-state index in [-0.39, 0.29) is 24.9 Å². The first-order valence-corrected chi connectivity index (χ1v) is 15.1. The van der Waals surface area contributed by atoms with E-state index in [9.17, 15) is 19.2 Å². The normalized spacial score (nSPS) is 13.5. The van der Waals surface area contributed by atoms with Gasteiger partial charge in [0.2, 0.25) is 5.91 Å². The molecule has 0 aliphatic carbocycles. The maximum atomic E-state index is 13.6. The lowest BCUT2D eigenvalue weighted by atomic mass is 9.90. The van der Waals surface area contributed by atoms with E-state index in [0.717, 1.165) is 5.56 Å². The van der Waals surface area contributed by atoms with Gasteiger partial charge in [0, 0.05) is 20.3 Å². The Morgan fingerprint density at radius 3 is 2.15 bits per heavy atom. The number of imidazole rings is 1. The summed E-state index contributed by atoms with van der Waals surface area (Å²) in [4.78, 5) is 58.7. The molecule has 0 saturated heterocycles. The molecule has 0 bridgehead atoms. The number of hydrogen-bond acceptors (Lipinski definition) is 8. The highest BCUT2D eigenvalue weighted by atomic mass is 16.6. The Labute approximate surface area is 276 Å². The van der Waals surface area contributed by atoms with Crippen LogP contribution in [0.3, 0.4) is 0 Å². The first kappa shape index (κ1) is 36.6. The van der Waals surface area contributed by atoms with Gasteiger partial charge in [-0.1, -0.05) is 42.5 Å². The van der Waals surface area contributed by atoms with Crippen molar-refractivity contribution < 1.29 is 33.4 Å². The molecular weight excluding hydrogens is 604 g/mol. The molecule has 1 unspecified atom stereocenters. The van der Waals surface area contributed by atoms with Crippen molar-refractivity contribution in [2.24, 2.45) is 0 Å². The number of methoxy groups -OCH3 is 1. The number of ether oxygens (including phenoxy) is 3. The number of amides is 4. The Balaban J connectivity index is 1.84. The molecule has 0 spiro atoms. The van der Waals surface area contributed by atoms with E-state index in [1.165, 1.54) is 25.1 Å². The summed E-state index contributed by atoms with van der Waals surface area (Å²) in [5.41, 5.74) is -1.86. The molecule has 1 aromatic heterocycles. The van der Waals surface area contributed by atoms with E-state index in [1.54, 1.807) is 83.9 Å². The number of likely N-dealkylation sites (N-methyl/N-ethyl adjacent to an activating group) is 1. The van der Waals surface area contributed by atoms with Crippen LogP contribution in [0.25, 0.3) is 0 Å². The monoisotopic (exact) mass is 650 g/mol. The third-order valence-corrected chi connectivity index (χ3v) is 7.22. The lowest BCUT2D eigenvalue weighted by Crippen LogP contribution is -2.59. The summed E-state index contributed by atoms with van der Waals surface area (Å²) >= 11 is 0. The van der Waals surface area contributed by atoms with E-state index in [1.807, 2.05) is 30.3 Å². The van der Waals surface area contributed by atoms with E-state index in [2.05, 4.69) is 20.9 Å². The van der Waals surface area contributed by atoms with Gasteiger partial charge >= 0.3 is 6.09 Å². The number of benzene rings is 2. The zero-order chi connectivity index (χ0) is 35.0. The largest absolute Gasteiger partial charge is 0.497 e. The van der Waals surface area contributed by atoms with Crippen LogP contribution >= 0.6 is 0 Å². The predicted octanol–water partition coefficient (Wildman–Crippen LogP) is 3.69. The van der Waals surface area contributed by atoms with Gasteiger partial charge in [0.1, 0.15) is 28.5 Å². The predicted molar refractivity (Wildman–Crippen MR) is 177 cm³/mol. The van der Waals surface area contributed by atoms with Crippen LogP contribution in [0, 0.1) is 0 Å². The molecule has 13 nitrogen and oxygen atoms in total. The van der Waals surface area contributed by atoms with Gasteiger partial charge in [0.25, 0.3) is 11.8 Å². The molecule has 0 aliphatic rings. The molecule has 3 N–H and O–H groups in total. The molecule has 2 aromatic carbocycles. The fraction of sp³-hybridized carbons (Fsp3) is 0.441. The SMILES string of the molecule is COc1ccc(C(C)(C(=O)N(C)C)n2cnc(NC(=O)[C@@H](COCc3ccccc3)NC(=O)C(C)(C)NC(=O)OC(C)(C)C)c2)cc1. The molecule has 0 radical (unpaired) electrons. The van der Waals surface area contributed by atoms with Gasteiger partial charge in [-0.3, -0.25) is 14.4 Å². The number of alkyl carbamates (subject to hydrolysis) is 1. The standard InChI is InChI=1S/C34H46N6O7/c1-32(2,3)47-31(44)38-33(4,5)29(42)36-26(21-46-20-23-13-11-10-12-14-23)28(41)37-27-19-40(22-35-27)34(6,30(43)39(7)8)24-15-17-25(45-9)18-16-24/h10-19,22,26H,20-21H2,1-9H3,(H,36,42)(H,37,41)(H,38,44)/t26-,34?/m1/s1. The van der Waals surface area contributed by atoms with Gasteiger partial charge in [0.05, 0.1) is 26.7 Å². The summed E-state index contributed by atoms with van der Waals surface area (Å²) < 4.78 is 18.0. The van der Waals surface area contributed by atoms with Crippen LogP contribution in [0.4, 0.5) is 10.6 Å². The van der Waals surface area contributed by atoms with E-state index in [4.69, 9.17) is 14.2 Å². The topological polar surface area (TPSA) is 153 Å². The number of nitrogens with zero attached hydrogens (tertiary/aromatic N) is 3. The number of rotatable bonds is 13. The van der Waals surface area contributed by atoms with Gasteiger partial charge in [-0.05, 0) is 64.8 Å². The molecule has 4 amide bonds. The molecule has 13 heteroatoms. The number of carbonyl (C=O) groups is 4. The number of aromatic nitrogens is 2. The first-order valence-electron chi connectivity index (χ1n) is 15.1. The van der Waals surface area contributed by atoms with Crippen LogP contribution in [0.5, 0.6) is 5.75 Å². The van der Waals surface area contributed by atoms with Gasteiger partial charge in [-0.25, -0.2) is 9.78 Å². The second kappa shape index (κ2) is 15.1. The molecule has 254 valence electrons. The Hall–Kier alpha value is -4.91. The zero-order valence-corrected chi connectivity index (χ0v) is 28.5. The van der Waals surface area contributed by atoms with Crippen molar-refractivity contribution in [2.75, 3.05) is 33.1 Å². The van der Waals surface area contributed by atoms with Gasteiger partial charge in [-0.2, -0.15) is 0 Å². The Bertz CT molecular complexity index is 1530. The van der Waals surface area contributed by atoms with E-state index in [0.29, 0.717) is 11.3 Å². The average Bonchev–Trinajstić information content (AvgIpc) is 3.47. The maximum Gasteiger partial charge on any atom is 0.408 e. The Kier molecular flexibility index (Phi) is 11.8. The molecular formula is C34H46N6O7. The van der Waals surface area contributed by atoms with Gasteiger partial charge in [0.15, 0.2) is 5.82 Å². The highest BCUT2D eigenvalue weighted by molar-refractivity contribution is 5.98.